The molecule has 0 amide bonds. The van der Waals surface area contributed by atoms with Crippen molar-refractivity contribution in [3.05, 3.63) is 59.7 Å². The highest BCUT2D eigenvalue weighted by atomic mass is 19.4. The van der Waals surface area contributed by atoms with Crippen LogP contribution in [0, 0.1) is 5.82 Å². The summed E-state index contributed by atoms with van der Waals surface area (Å²) in [5.74, 6) is 0.462. The van der Waals surface area contributed by atoms with Crippen LogP contribution in [-0.4, -0.2) is 34.3 Å². The third-order valence-corrected chi connectivity index (χ3v) is 4.66. The molecule has 1 atom stereocenters. The molecule has 1 aliphatic rings. The Morgan fingerprint density at radius 2 is 2.04 bits per heavy atom. The molecule has 2 aromatic carbocycles. The molecular formula is C19H17F4N3O. The van der Waals surface area contributed by atoms with Gasteiger partial charge in [-0.2, -0.15) is 0 Å². The van der Waals surface area contributed by atoms with Gasteiger partial charge in [0, 0.05) is 19.0 Å². The van der Waals surface area contributed by atoms with Gasteiger partial charge in [0.15, 0.2) is 0 Å². The average molecular weight is 379 g/mol. The molecule has 1 saturated heterocycles. The Bertz CT molecular complexity index is 954. The van der Waals surface area contributed by atoms with Gasteiger partial charge in [0.25, 0.3) is 0 Å². The lowest BCUT2D eigenvalue weighted by Crippen LogP contribution is -2.20. The average Bonchev–Trinajstić information content (AvgIpc) is 3.19. The molecule has 1 N–H and O–H groups in total. The van der Waals surface area contributed by atoms with Crippen LogP contribution in [0.5, 0.6) is 5.75 Å². The van der Waals surface area contributed by atoms with Crippen LogP contribution >= 0.6 is 0 Å². The summed E-state index contributed by atoms with van der Waals surface area (Å²) < 4.78 is 54.4. The first kappa shape index (κ1) is 17.8. The van der Waals surface area contributed by atoms with Crippen LogP contribution < -0.4 is 4.74 Å². The number of nitrogens with one attached hydrogen (secondary N) is 1. The zero-order chi connectivity index (χ0) is 19.0. The largest absolute Gasteiger partial charge is 0.573 e. The number of rotatable bonds is 4. The number of aromatic nitrogens is 2. The van der Waals surface area contributed by atoms with Gasteiger partial charge in [0.1, 0.15) is 17.4 Å². The zero-order valence-electron chi connectivity index (χ0n) is 14.3. The van der Waals surface area contributed by atoms with E-state index in [4.69, 9.17) is 0 Å². The molecule has 3 aromatic rings. The van der Waals surface area contributed by atoms with Crippen molar-refractivity contribution in [3.63, 3.8) is 0 Å². The summed E-state index contributed by atoms with van der Waals surface area (Å²) in [6, 6.07) is 10.5. The van der Waals surface area contributed by atoms with Crippen molar-refractivity contribution in [2.45, 2.75) is 25.2 Å². The van der Waals surface area contributed by atoms with Crippen molar-refractivity contribution in [1.82, 2.24) is 14.9 Å². The van der Waals surface area contributed by atoms with Crippen LogP contribution in [0.15, 0.2) is 42.5 Å². The van der Waals surface area contributed by atoms with Crippen molar-refractivity contribution in [1.29, 1.82) is 0 Å². The predicted molar refractivity (Wildman–Crippen MR) is 91.8 cm³/mol. The summed E-state index contributed by atoms with van der Waals surface area (Å²) in [7, 11) is 0. The third-order valence-electron chi connectivity index (χ3n) is 4.66. The molecule has 27 heavy (non-hydrogen) atoms. The Kier molecular flexibility index (Phi) is 4.51. The molecule has 2 heterocycles. The number of benzene rings is 2. The fraction of sp³-hybridized carbons (Fsp3) is 0.316. The van der Waals surface area contributed by atoms with E-state index in [0.717, 1.165) is 36.4 Å². The van der Waals surface area contributed by atoms with Gasteiger partial charge in [-0.25, -0.2) is 9.37 Å². The summed E-state index contributed by atoms with van der Waals surface area (Å²) in [6.45, 7) is 2.06. The normalized spacial score (nSPS) is 18.3. The van der Waals surface area contributed by atoms with Crippen LogP contribution in [0.3, 0.4) is 0 Å². The fourth-order valence-electron chi connectivity index (χ4n) is 3.49. The minimum Gasteiger partial charge on any atom is -0.406 e. The van der Waals surface area contributed by atoms with Crippen molar-refractivity contribution < 1.29 is 22.3 Å². The van der Waals surface area contributed by atoms with E-state index in [1.54, 1.807) is 18.2 Å². The summed E-state index contributed by atoms with van der Waals surface area (Å²) in [4.78, 5) is 9.87. The Balaban J connectivity index is 1.43. The lowest BCUT2D eigenvalue weighted by atomic mass is 10.1. The van der Waals surface area contributed by atoms with E-state index < -0.39 is 6.36 Å². The van der Waals surface area contributed by atoms with Gasteiger partial charge >= 0.3 is 6.36 Å². The predicted octanol–water partition coefficient (Wildman–Crippen LogP) is 4.59. The van der Waals surface area contributed by atoms with Crippen LogP contribution in [0.25, 0.3) is 11.0 Å². The molecular weight excluding hydrogens is 362 g/mol. The number of alkyl halides is 3. The molecule has 0 saturated carbocycles. The van der Waals surface area contributed by atoms with Gasteiger partial charge in [0.2, 0.25) is 0 Å². The van der Waals surface area contributed by atoms with Crippen LogP contribution in [0.1, 0.15) is 23.7 Å². The molecule has 0 unspecified atom stereocenters. The van der Waals surface area contributed by atoms with Crippen molar-refractivity contribution >= 4 is 11.0 Å². The molecule has 0 radical (unpaired) electrons. The topological polar surface area (TPSA) is 41.2 Å². The lowest BCUT2D eigenvalue weighted by molar-refractivity contribution is -0.274. The van der Waals surface area contributed by atoms with E-state index in [1.165, 1.54) is 24.3 Å². The SMILES string of the molecule is Fc1ccc2nc([C@H]3CCN(Cc4cccc(OC(F)(F)F)c4)C3)[nH]c2c1. The first-order valence-corrected chi connectivity index (χ1v) is 8.58. The molecule has 0 aliphatic carbocycles. The minimum absolute atomic E-state index is 0.176. The maximum atomic E-state index is 13.3. The zero-order valence-corrected chi connectivity index (χ0v) is 14.3. The standard InChI is InChI=1S/C19H17F4N3O/c20-14-4-5-16-17(9-14)25-18(24-16)13-6-7-26(11-13)10-12-2-1-3-15(8-12)27-19(21,22)23/h1-5,8-9,13H,6-7,10-11H2,(H,24,25)/t13-/m0/s1. The highest BCUT2D eigenvalue weighted by Gasteiger charge is 2.31. The van der Waals surface area contributed by atoms with Crippen LogP contribution in [-0.2, 0) is 6.54 Å². The fourth-order valence-corrected chi connectivity index (χ4v) is 3.49. The molecule has 1 fully saturated rings. The molecule has 142 valence electrons. The summed E-state index contributed by atoms with van der Waals surface area (Å²) in [5.41, 5.74) is 2.14. The maximum Gasteiger partial charge on any atom is 0.573 e. The van der Waals surface area contributed by atoms with E-state index in [-0.39, 0.29) is 17.5 Å². The van der Waals surface area contributed by atoms with Crippen LogP contribution in [0.2, 0.25) is 0 Å². The first-order chi connectivity index (χ1) is 12.9. The highest BCUT2D eigenvalue weighted by Crippen LogP contribution is 2.29. The molecule has 4 rings (SSSR count). The second-order valence-corrected chi connectivity index (χ2v) is 6.70. The number of likely N-dealkylation sites (tertiary alicyclic amines) is 1. The van der Waals surface area contributed by atoms with Gasteiger partial charge in [0.05, 0.1) is 11.0 Å². The molecule has 1 aromatic heterocycles. The number of halogens is 4. The smallest absolute Gasteiger partial charge is 0.406 e. The number of aromatic amines is 1. The molecule has 4 nitrogen and oxygen atoms in total. The van der Waals surface area contributed by atoms with Gasteiger partial charge in [-0.1, -0.05) is 12.1 Å². The maximum absolute atomic E-state index is 13.3. The summed E-state index contributed by atoms with van der Waals surface area (Å²) in [6.07, 6.45) is -3.82. The van der Waals surface area contributed by atoms with E-state index in [1.807, 2.05) is 0 Å². The Hall–Kier alpha value is -2.61. The number of hydrogen-bond donors (Lipinski definition) is 1. The number of ether oxygens (including phenoxy) is 1. The van der Waals surface area contributed by atoms with E-state index in [2.05, 4.69) is 19.6 Å². The van der Waals surface area contributed by atoms with Gasteiger partial charge in [-0.15, -0.1) is 13.2 Å². The van der Waals surface area contributed by atoms with Gasteiger partial charge < -0.3 is 9.72 Å². The first-order valence-electron chi connectivity index (χ1n) is 8.58. The highest BCUT2D eigenvalue weighted by molar-refractivity contribution is 5.75. The third kappa shape index (κ3) is 4.21. The second-order valence-electron chi connectivity index (χ2n) is 6.70. The van der Waals surface area contributed by atoms with Gasteiger partial charge in [-0.05, 0) is 48.9 Å². The Morgan fingerprint density at radius 1 is 1.19 bits per heavy atom. The number of fused-ring (bicyclic) bond motifs is 1. The second kappa shape index (κ2) is 6.84. The number of nitrogens with zero attached hydrogens (tertiary/aromatic N) is 2. The molecule has 0 spiro atoms. The Labute approximate surface area is 152 Å². The quantitative estimate of drug-likeness (QED) is 0.674. The summed E-state index contributed by atoms with van der Waals surface area (Å²) in [5, 5.41) is 0. The van der Waals surface area contributed by atoms with Crippen LogP contribution in [0.4, 0.5) is 17.6 Å². The number of hydrogen-bond acceptors (Lipinski definition) is 3. The van der Waals surface area contributed by atoms with Crippen molar-refractivity contribution in [2.24, 2.45) is 0 Å². The molecule has 1 aliphatic heterocycles. The molecule has 8 heteroatoms. The van der Waals surface area contributed by atoms with Crippen molar-refractivity contribution in [2.75, 3.05) is 13.1 Å². The van der Waals surface area contributed by atoms with E-state index in [0.29, 0.717) is 12.1 Å². The van der Waals surface area contributed by atoms with Gasteiger partial charge in [-0.3, -0.25) is 4.90 Å². The van der Waals surface area contributed by atoms with E-state index >= 15 is 0 Å². The lowest BCUT2D eigenvalue weighted by Gasteiger charge is -2.16. The Morgan fingerprint density at radius 3 is 2.85 bits per heavy atom. The number of imidazole rings is 1. The molecule has 0 bridgehead atoms. The summed E-state index contributed by atoms with van der Waals surface area (Å²) >= 11 is 0. The number of H-pyrrole nitrogens is 1. The monoisotopic (exact) mass is 379 g/mol. The minimum atomic E-state index is -4.70. The van der Waals surface area contributed by atoms with E-state index in [9.17, 15) is 17.6 Å². The van der Waals surface area contributed by atoms with Crippen molar-refractivity contribution in [3.8, 4) is 5.75 Å².